The lowest BCUT2D eigenvalue weighted by atomic mass is 9.76. The maximum absolute atomic E-state index is 6.84. The second kappa shape index (κ2) is 10.9. The van der Waals surface area contributed by atoms with E-state index in [1.54, 1.807) is 0 Å². The SMILES string of the molecule is CC(C)(C)c1cc(-c2c3ccccc3c(-c3cc(C(C)(C)C)cc(C(C)(C)C)c3)c3cc(Cl)c(Cl)cc23)cc(C(C)(C)C)c1. The molecule has 0 aliphatic rings. The van der Waals surface area contributed by atoms with Crippen molar-refractivity contribution in [1.29, 1.82) is 0 Å². The lowest BCUT2D eigenvalue weighted by Gasteiger charge is -2.28. The van der Waals surface area contributed by atoms with Gasteiger partial charge in [0.05, 0.1) is 10.0 Å². The highest BCUT2D eigenvalue weighted by Crippen LogP contribution is 2.48. The topological polar surface area (TPSA) is 0 Å². The van der Waals surface area contributed by atoms with Gasteiger partial charge < -0.3 is 0 Å². The van der Waals surface area contributed by atoms with Gasteiger partial charge in [-0.25, -0.2) is 0 Å². The van der Waals surface area contributed by atoms with Crippen molar-refractivity contribution in [3.05, 3.63) is 105 Å². The molecule has 0 atom stereocenters. The summed E-state index contributed by atoms with van der Waals surface area (Å²) in [5.74, 6) is 0. The van der Waals surface area contributed by atoms with Crippen molar-refractivity contribution in [3.8, 4) is 22.3 Å². The average molecular weight is 624 g/mol. The average Bonchev–Trinajstić information content (AvgIpc) is 2.90. The lowest BCUT2D eigenvalue weighted by Crippen LogP contribution is -2.16. The van der Waals surface area contributed by atoms with Crippen LogP contribution in [0.25, 0.3) is 43.8 Å². The molecule has 0 nitrogen and oxygen atoms in total. The van der Waals surface area contributed by atoms with Crippen molar-refractivity contribution in [2.75, 3.05) is 0 Å². The molecule has 230 valence electrons. The molecular formula is C42H48Cl2. The zero-order valence-electron chi connectivity index (χ0n) is 28.7. The molecule has 0 heterocycles. The molecule has 0 N–H and O–H groups in total. The second-order valence-corrected chi connectivity index (χ2v) is 17.5. The lowest BCUT2D eigenvalue weighted by molar-refractivity contribution is 0.568. The van der Waals surface area contributed by atoms with Gasteiger partial charge in [0, 0.05) is 0 Å². The van der Waals surface area contributed by atoms with E-state index in [-0.39, 0.29) is 21.7 Å². The molecule has 0 spiro atoms. The summed E-state index contributed by atoms with van der Waals surface area (Å²) in [5, 5.41) is 5.83. The Morgan fingerprint density at radius 2 is 0.636 bits per heavy atom. The largest absolute Gasteiger partial charge is 0.0827 e. The molecule has 5 aromatic carbocycles. The molecule has 0 fully saturated rings. The van der Waals surface area contributed by atoms with E-state index in [2.05, 4.69) is 156 Å². The van der Waals surface area contributed by atoms with E-state index in [1.165, 1.54) is 55.3 Å². The predicted molar refractivity (Wildman–Crippen MR) is 197 cm³/mol. The van der Waals surface area contributed by atoms with Crippen LogP contribution in [0.15, 0.2) is 72.8 Å². The summed E-state index contributed by atoms with van der Waals surface area (Å²) >= 11 is 13.7. The molecule has 0 bridgehead atoms. The highest BCUT2D eigenvalue weighted by molar-refractivity contribution is 6.43. The summed E-state index contributed by atoms with van der Waals surface area (Å²) in [6.45, 7) is 27.5. The third kappa shape index (κ3) is 6.18. The maximum atomic E-state index is 6.84. The molecular weight excluding hydrogens is 575 g/mol. The molecule has 0 amide bonds. The molecule has 0 aliphatic carbocycles. The summed E-state index contributed by atoms with van der Waals surface area (Å²) in [6.07, 6.45) is 0. The minimum atomic E-state index is -0.000731. The summed E-state index contributed by atoms with van der Waals surface area (Å²) in [6, 6.07) is 27.3. The number of hydrogen-bond acceptors (Lipinski definition) is 0. The van der Waals surface area contributed by atoms with Gasteiger partial charge in [-0.3, -0.25) is 0 Å². The molecule has 5 rings (SSSR count). The van der Waals surface area contributed by atoms with Crippen LogP contribution < -0.4 is 0 Å². The van der Waals surface area contributed by atoms with E-state index in [9.17, 15) is 0 Å². The molecule has 0 radical (unpaired) electrons. The molecule has 0 unspecified atom stereocenters. The van der Waals surface area contributed by atoms with Gasteiger partial charge in [0.1, 0.15) is 0 Å². The number of hydrogen-bond donors (Lipinski definition) is 0. The van der Waals surface area contributed by atoms with Crippen LogP contribution in [-0.4, -0.2) is 0 Å². The Labute approximate surface area is 275 Å². The van der Waals surface area contributed by atoms with Gasteiger partial charge in [-0.2, -0.15) is 0 Å². The Bertz CT molecular complexity index is 1690. The first kappa shape index (κ1) is 32.6. The van der Waals surface area contributed by atoms with Crippen molar-refractivity contribution in [1.82, 2.24) is 0 Å². The fraction of sp³-hybridized carbons (Fsp3) is 0.381. The standard InChI is InChI=1S/C42H48Cl2/c1-39(2,3)27-17-25(18-28(21-27)40(4,5)6)37-31-15-13-14-16-32(31)38(34-24-36(44)35(43)23-33(34)37)26-19-29(41(7,8)9)22-30(20-26)42(10,11)12/h13-24H,1-12H3. The van der Waals surface area contributed by atoms with Crippen LogP contribution in [-0.2, 0) is 21.7 Å². The van der Waals surface area contributed by atoms with Crippen LogP contribution in [0.4, 0.5) is 0 Å². The Morgan fingerprint density at radius 3 is 0.886 bits per heavy atom. The first-order chi connectivity index (χ1) is 20.2. The van der Waals surface area contributed by atoms with Crippen molar-refractivity contribution in [3.63, 3.8) is 0 Å². The molecule has 2 heteroatoms. The van der Waals surface area contributed by atoms with Gasteiger partial charge in [0.2, 0.25) is 0 Å². The van der Waals surface area contributed by atoms with Crippen molar-refractivity contribution in [2.45, 2.75) is 105 Å². The minimum Gasteiger partial charge on any atom is -0.0827 e. The maximum Gasteiger partial charge on any atom is 0.0598 e. The van der Waals surface area contributed by atoms with E-state index in [0.29, 0.717) is 10.0 Å². The summed E-state index contributed by atoms with van der Waals surface area (Å²) < 4.78 is 0. The molecule has 0 saturated carbocycles. The fourth-order valence-electron chi connectivity index (χ4n) is 6.07. The molecule has 0 aliphatic heterocycles. The Kier molecular flexibility index (Phi) is 8.09. The number of rotatable bonds is 2. The summed E-state index contributed by atoms with van der Waals surface area (Å²) in [5.41, 5.74) is 10.2. The van der Waals surface area contributed by atoms with Gasteiger partial charge in [0.15, 0.2) is 0 Å². The fourth-order valence-corrected chi connectivity index (χ4v) is 6.40. The van der Waals surface area contributed by atoms with Crippen LogP contribution in [0.3, 0.4) is 0 Å². The Balaban J connectivity index is 2.01. The normalized spacial score (nSPS) is 13.2. The summed E-state index contributed by atoms with van der Waals surface area (Å²) in [4.78, 5) is 0. The summed E-state index contributed by atoms with van der Waals surface area (Å²) in [7, 11) is 0. The zero-order valence-corrected chi connectivity index (χ0v) is 30.2. The Morgan fingerprint density at radius 1 is 0.364 bits per heavy atom. The highest BCUT2D eigenvalue weighted by Gasteiger charge is 2.26. The first-order valence-electron chi connectivity index (χ1n) is 15.8. The van der Waals surface area contributed by atoms with Crippen LogP contribution >= 0.6 is 23.2 Å². The zero-order chi connectivity index (χ0) is 32.6. The van der Waals surface area contributed by atoms with Crippen LogP contribution in [0, 0.1) is 0 Å². The van der Waals surface area contributed by atoms with Crippen LogP contribution in [0.2, 0.25) is 10.0 Å². The van der Waals surface area contributed by atoms with Gasteiger partial charge in [-0.1, -0.05) is 167 Å². The number of benzene rings is 5. The monoisotopic (exact) mass is 622 g/mol. The number of fused-ring (bicyclic) bond motifs is 2. The number of halogens is 2. The van der Waals surface area contributed by atoms with E-state index in [0.717, 1.165) is 10.8 Å². The minimum absolute atomic E-state index is 0.000731. The van der Waals surface area contributed by atoms with E-state index < -0.39 is 0 Å². The van der Waals surface area contributed by atoms with Gasteiger partial charge in [0.25, 0.3) is 0 Å². The van der Waals surface area contributed by atoms with E-state index in [1.807, 2.05) is 0 Å². The smallest absolute Gasteiger partial charge is 0.0598 e. The predicted octanol–water partition coefficient (Wildman–Crippen LogP) is 13.8. The Hall–Kier alpha value is -2.80. The molecule has 44 heavy (non-hydrogen) atoms. The highest BCUT2D eigenvalue weighted by atomic mass is 35.5. The van der Waals surface area contributed by atoms with Crippen molar-refractivity contribution < 1.29 is 0 Å². The van der Waals surface area contributed by atoms with E-state index >= 15 is 0 Å². The van der Waals surface area contributed by atoms with E-state index in [4.69, 9.17) is 23.2 Å². The second-order valence-electron chi connectivity index (χ2n) is 16.7. The van der Waals surface area contributed by atoms with Gasteiger partial charge >= 0.3 is 0 Å². The van der Waals surface area contributed by atoms with Crippen LogP contribution in [0.5, 0.6) is 0 Å². The third-order valence-electron chi connectivity index (χ3n) is 8.97. The molecule has 0 aromatic heterocycles. The molecule has 5 aromatic rings. The van der Waals surface area contributed by atoms with Gasteiger partial charge in [-0.15, -0.1) is 0 Å². The first-order valence-corrected chi connectivity index (χ1v) is 16.6. The molecule has 0 saturated heterocycles. The third-order valence-corrected chi connectivity index (χ3v) is 9.69. The van der Waals surface area contributed by atoms with Crippen molar-refractivity contribution >= 4 is 44.7 Å². The van der Waals surface area contributed by atoms with Crippen molar-refractivity contribution in [2.24, 2.45) is 0 Å². The quantitative estimate of drug-likeness (QED) is 0.172. The van der Waals surface area contributed by atoms with Gasteiger partial charge in [-0.05, 0) is 99.8 Å². The van der Waals surface area contributed by atoms with Crippen LogP contribution in [0.1, 0.15) is 105 Å².